The molecule has 1 aromatic rings. The smallest absolute Gasteiger partial charge is 0.337 e. The van der Waals surface area contributed by atoms with Gasteiger partial charge in [0.25, 0.3) is 0 Å². The van der Waals surface area contributed by atoms with Crippen LogP contribution in [0.15, 0.2) is 6.07 Å². The molecule has 1 fully saturated rings. The third-order valence-electron chi connectivity index (χ3n) is 3.50. The second-order valence-electron chi connectivity index (χ2n) is 4.78. The zero-order valence-electron chi connectivity index (χ0n) is 10.4. The average Bonchev–Trinajstić information content (AvgIpc) is 2.58. The van der Waals surface area contributed by atoms with E-state index in [1.54, 1.807) is 6.07 Å². The number of hydrogen-bond acceptors (Lipinski definition) is 2. The van der Waals surface area contributed by atoms with Crippen LogP contribution in [0.1, 0.15) is 34.6 Å². The number of carboxylic acids is 1. The van der Waals surface area contributed by atoms with Gasteiger partial charge in [0, 0.05) is 30.5 Å². The molecule has 0 amide bonds. The first-order valence-corrected chi connectivity index (χ1v) is 6.07. The Hall–Kier alpha value is -1.29. The van der Waals surface area contributed by atoms with Crippen LogP contribution in [-0.2, 0) is 11.3 Å². The first-order chi connectivity index (χ1) is 8.09. The van der Waals surface area contributed by atoms with Crippen LogP contribution in [0.2, 0.25) is 0 Å². The standard InChI is InChI=1S/C13H19NO3/c1-9-6-12(13(15)16)10(2)14(9)7-11-4-3-5-17-8-11/h6,11H,3-5,7-8H2,1-2H3,(H,15,16)/t11-/m0/s1. The first-order valence-electron chi connectivity index (χ1n) is 6.07. The molecule has 0 bridgehead atoms. The predicted octanol–water partition coefficient (Wildman–Crippen LogP) is 2.23. The summed E-state index contributed by atoms with van der Waals surface area (Å²) in [4.78, 5) is 11.0. The molecule has 1 N–H and O–H groups in total. The number of hydrogen-bond donors (Lipinski definition) is 1. The van der Waals surface area contributed by atoms with Gasteiger partial charge in [0.1, 0.15) is 0 Å². The van der Waals surface area contributed by atoms with Crippen molar-refractivity contribution >= 4 is 5.97 Å². The number of aryl methyl sites for hydroxylation is 1. The van der Waals surface area contributed by atoms with Crippen molar-refractivity contribution in [2.75, 3.05) is 13.2 Å². The monoisotopic (exact) mass is 237 g/mol. The molecule has 1 aliphatic rings. The van der Waals surface area contributed by atoms with Gasteiger partial charge in [-0.25, -0.2) is 4.79 Å². The van der Waals surface area contributed by atoms with E-state index in [4.69, 9.17) is 9.84 Å². The van der Waals surface area contributed by atoms with Gasteiger partial charge in [0.15, 0.2) is 0 Å². The summed E-state index contributed by atoms with van der Waals surface area (Å²) in [5.74, 6) is -0.334. The van der Waals surface area contributed by atoms with Gasteiger partial charge in [-0.3, -0.25) is 0 Å². The Labute approximate surface area is 101 Å². The molecule has 94 valence electrons. The lowest BCUT2D eigenvalue weighted by Gasteiger charge is -2.24. The molecule has 2 rings (SSSR count). The second-order valence-corrected chi connectivity index (χ2v) is 4.78. The van der Waals surface area contributed by atoms with E-state index in [9.17, 15) is 4.79 Å². The maximum absolute atomic E-state index is 11.0. The Kier molecular flexibility index (Phi) is 3.52. The Morgan fingerprint density at radius 1 is 1.59 bits per heavy atom. The number of aromatic nitrogens is 1. The van der Waals surface area contributed by atoms with Gasteiger partial charge >= 0.3 is 5.97 Å². The number of ether oxygens (including phenoxy) is 1. The van der Waals surface area contributed by atoms with Gasteiger partial charge < -0.3 is 14.4 Å². The topological polar surface area (TPSA) is 51.5 Å². The molecule has 0 aliphatic carbocycles. The molecule has 17 heavy (non-hydrogen) atoms. The molecular formula is C13H19NO3. The third kappa shape index (κ3) is 2.52. The van der Waals surface area contributed by atoms with Gasteiger partial charge in [-0.05, 0) is 32.8 Å². The van der Waals surface area contributed by atoms with Crippen molar-refractivity contribution in [3.63, 3.8) is 0 Å². The van der Waals surface area contributed by atoms with Crippen LogP contribution in [-0.4, -0.2) is 28.9 Å². The van der Waals surface area contributed by atoms with Gasteiger partial charge in [-0.2, -0.15) is 0 Å². The van der Waals surface area contributed by atoms with Crippen LogP contribution in [0.5, 0.6) is 0 Å². The molecule has 0 aromatic carbocycles. The lowest BCUT2D eigenvalue weighted by molar-refractivity contribution is 0.0480. The molecular weight excluding hydrogens is 218 g/mol. The van der Waals surface area contributed by atoms with Crippen LogP contribution in [0, 0.1) is 19.8 Å². The highest BCUT2D eigenvalue weighted by Gasteiger charge is 2.19. The third-order valence-corrected chi connectivity index (χ3v) is 3.50. The van der Waals surface area contributed by atoms with E-state index in [2.05, 4.69) is 4.57 Å². The number of carboxylic acid groups (broad SMARTS) is 1. The van der Waals surface area contributed by atoms with Crippen LogP contribution in [0.25, 0.3) is 0 Å². The Balaban J connectivity index is 2.17. The van der Waals surface area contributed by atoms with Gasteiger partial charge in [0.2, 0.25) is 0 Å². The largest absolute Gasteiger partial charge is 0.478 e. The number of aromatic carboxylic acids is 1. The van der Waals surface area contributed by atoms with Gasteiger partial charge in [0.05, 0.1) is 12.2 Å². The lowest BCUT2D eigenvalue weighted by atomic mass is 10.0. The van der Waals surface area contributed by atoms with E-state index in [0.717, 1.165) is 37.6 Å². The molecule has 4 heteroatoms. The van der Waals surface area contributed by atoms with Crippen molar-refractivity contribution in [1.82, 2.24) is 4.57 Å². The fraction of sp³-hybridized carbons (Fsp3) is 0.615. The van der Waals surface area contributed by atoms with Gasteiger partial charge in [-0.1, -0.05) is 0 Å². The lowest BCUT2D eigenvalue weighted by Crippen LogP contribution is -2.23. The number of rotatable bonds is 3. The summed E-state index contributed by atoms with van der Waals surface area (Å²) in [6, 6.07) is 1.75. The minimum Gasteiger partial charge on any atom is -0.478 e. The van der Waals surface area contributed by atoms with E-state index >= 15 is 0 Å². The quantitative estimate of drug-likeness (QED) is 0.877. The van der Waals surface area contributed by atoms with E-state index in [1.165, 1.54) is 6.42 Å². The fourth-order valence-corrected chi connectivity index (χ4v) is 2.51. The van der Waals surface area contributed by atoms with Crippen molar-refractivity contribution in [3.05, 3.63) is 23.0 Å². The van der Waals surface area contributed by atoms with E-state index in [1.807, 2.05) is 13.8 Å². The van der Waals surface area contributed by atoms with Crippen molar-refractivity contribution in [2.24, 2.45) is 5.92 Å². The van der Waals surface area contributed by atoms with E-state index < -0.39 is 5.97 Å². The molecule has 1 saturated heterocycles. The summed E-state index contributed by atoms with van der Waals surface area (Å²) in [5.41, 5.74) is 2.28. The molecule has 0 saturated carbocycles. The van der Waals surface area contributed by atoms with E-state index in [-0.39, 0.29) is 0 Å². The normalized spacial score (nSPS) is 20.5. The molecule has 0 spiro atoms. The SMILES string of the molecule is Cc1cc(C(=O)O)c(C)n1C[C@@H]1CCCOC1. The summed E-state index contributed by atoms with van der Waals surface area (Å²) in [6.45, 7) is 6.36. The summed E-state index contributed by atoms with van der Waals surface area (Å²) in [6.07, 6.45) is 2.27. The highest BCUT2D eigenvalue weighted by Crippen LogP contribution is 2.21. The maximum Gasteiger partial charge on any atom is 0.337 e. The molecule has 0 radical (unpaired) electrons. The molecule has 1 aromatic heterocycles. The average molecular weight is 237 g/mol. The van der Waals surface area contributed by atoms with Gasteiger partial charge in [-0.15, -0.1) is 0 Å². The minimum atomic E-state index is -0.843. The molecule has 0 unspecified atom stereocenters. The van der Waals surface area contributed by atoms with Crippen LogP contribution in [0.3, 0.4) is 0 Å². The van der Waals surface area contributed by atoms with E-state index in [0.29, 0.717) is 11.5 Å². The highest BCUT2D eigenvalue weighted by molar-refractivity contribution is 5.89. The fourth-order valence-electron chi connectivity index (χ4n) is 2.51. The Morgan fingerprint density at radius 3 is 2.88 bits per heavy atom. The second kappa shape index (κ2) is 4.92. The molecule has 4 nitrogen and oxygen atoms in total. The maximum atomic E-state index is 11.0. The summed E-state index contributed by atoms with van der Waals surface area (Å²) >= 11 is 0. The van der Waals surface area contributed by atoms with Crippen molar-refractivity contribution in [1.29, 1.82) is 0 Å². The summed E-state index contributed by atoms with van der Waals surface area (Å²) in [5, 5.41) is 9.07. The number of carbonyl (C=O) groups is 1. The zero-order valence-corrected chi connectivity index (χ0v) is 10.4. The predicted molar refractivity (Wildman–Crippen MR) is 64.4 cm³/mol. The molecule has 1 atom stereocenters. The molecule has 1 aliphatic heterocycles. The summed E-state index contributed by atoms with van der Waals surface area (Å²) in [7, 11) is 0. The molecule has 2 heterocycles. The highest BCUT2D eigenvalue weighted by atomic mass is 16.5. The zero-order chi connectivity index (χ0) is 12.4. The van der Waals surface area contributed by atoms with Crippen molar-refractivity contribution in [3.8, 4) is 0 Å². The number of nitrogens with zero attached hydrogens (tertiary/aromatic N) is 1. The Morgan fingerprint density at radius 2 is 2.35 bits per heavy atom. The van der Waals surface area contributed by atoms with Crippen molar-refractivity contribution < 1.29 is 14.6 Å². The Bertz CT molecular complexity index is 417. The van der Waals surface area contributed by atoms with Crippen LogP contribution in [0.4, 0.5) is 0 Å². The van der Waals surface area contributed by atoms with Crippen LogP contribution >= 0.6 is 0 Å². The minimum absolute atomic E-state index is 0.416. The summed E-state index contributed by atoms with van der Waals surface area (Å²) < 4.78 is 7.56. The first kappa shape index (κ1) is 12.2. The van der Waals surface area contributed by atoms with Crippen molar-refractivity contribution in [2.45, 2.75) is 33.2 Å². The van der Waals surface area contributed by atoms with Crippen LogP contribution < -0.4 is 0 Å².